The summed E-state index contributed by atoms with van der Waals surface area (Å²) in [6.07, 6.45) is 8.14. The van der Waals surface area contributed by atoms with Crippen LogP contribution in [0.5, 0.6) is 0 Å². The summed E-state index contributed by atoms with van der Waals surface area (Å²) in [5.74, 6) is 0. The number of benzene rings is 6. The number of nitrogens with zero attached hydrogens (tertiary/aromatic N) is 2. The molecule has 214 valence electrons. The number of hydrogen-bond acceptors (Lipinski definition) is 0. The molecule has 8 rings (SSSR count). The minimum Gasteiger partial charge on any atom is -0.309 e. The molecule has 2 heterocycles. The molecule has 0 amide bonds. The lowest BCUT2D eigenvalue weighted by molar-refractivity contribution is 1.18. The van der Waals surface area contributed by atoms with E-state index in [0.717, 1.165) is 11.4 Å². The van der Waals surface area contributed by atoms with E-state index in [1.54, 1.807) is 0 Å². The standard InChI is InChI=1S/C43H32N2/c1-3-13-34(14-4-2)44-40-20-12-11-19-36(40)38-27-31(22-25-41(38)44)32-23-26-42-39(28-32)37-24-21-33(30-15-7-5-8-16-30)29-43(37)45(42)35-17-9-6-10-18-35/h3-29H,1H2,2H3/b14-4-,34-13+. The Balaban J connectivity index is 1.35. The van der Waals surface area contributed by atoms with E-state index < -0.39 is 0 Å². The van der Waals surface area contributed by atoms with Gasteiger partial charge in [0.05, 0.1) is 22.1 Å². The predicted molar refractivity (Wildman–Crippen MR) is 194 cm³/mol. The first-order valence-corrected chi connectivity index (χ1v) is 15.4. The molecule has 2 nitrogen and oxygen atoms in total. The minimum absolute atomic E-state index is 1.09. The normalized spacial score (nSPS) is 12.2. The molecule has 0 fully saturated rings. The summed E-state index contributed by atoms with van der Waals surface area (Å²) < 4.78 is 4.73. The topological polar surface area (TPSA) is 9.86 Å². The van der Waals surface area contributed by atoms with Crippen molar-refractivity contribution in [2.75, 3.05) is 0 Å². The van der Waals surface area contributed by atoms with Gasteiger partial charge < -0.3 is 9.13 Å². The highest BCUT2D eigenvalue weighted by molar-refractivity contribution is 6.13. The van der Waals surface area contributed by atoms with Crippen molar-refractivity contribution in [1.82, 2.24) is 9.13 Å². The lowest BCUT2D eigenvalue weighted by Crippen LogP contribution is -1.94. The molecule has 2 heteroatoms. The zero-order valence-corrected chi connectivity index (χ0v) is 25.2. The third-order valence-electron chi connectivity index (χ3n) is 8.78. The number of rotatable bonds is 6. The second-order valence-electron chi connectivity index (χ2n) is 11.4. The highest BCUT2D eigenvalue weighted by Crippen LogP contribution is 2.39. The maximum absolute atomic E-state index is 3.97. The lowest BCUT2D eigenvalue weighted by Gasteiger charge is -2.10. The van der Waals surface area contributed by atoms with Crippen molar-refractivity contribution in [3.05, 3.63) is 170 Å². The van der Waals surface area contributed by atoms with E-state index >= 15 is 0 Å². The molecule has 0 aliphatic rings. The Bertz CT molecular complexity index is 2430. The quantitative estimate of drug-likeness (QED) is 0.174. The van der Waals surface area contributed by atoms with E-state index in [2.05, 4.69) is 180 Å². The molecule has 45 heavy (non-hydrogen) atoms. The van der Waals surface area contributed by atoms with Crippen molar-refractivity contribution < 1.29 is 0 Å². The Morgan fingerprint density at radius 3 is 1.82 bits per heavy atom. The van der Waals surface area contributed by atoms with Crippen LogP contribution >= 0.6 is 0 Å². The average molecular weight is 577 g/mol. The minimum atomic E-state index is 1.09. The summed E-state index contributed by atoms with van der Waals surface area (Å²) >= 11 is 0. The molecule has 0 saturated heterocycles. The summed E-state index contributed by atoms with van der Waals surface area (Å²) in [6.45, 7) is 6.02. The number of para-hydroxylation sites is 2. The number of aromatic nitrogens is 2. The molecule has 2 aromatic heterocycles. The van der Waals surface area contributed by atoms with Gasteiger partial charge in [-0.3, -0.25) is 0 Å². The molecule has 0 aliphatic heterocycles. The van der Waals surface area contributed by atoms with Crippen molar-refractivity contribution in [2.24, 2.45) is 0 Å². The van der Waals surface area contributed by atoms with Crippen LogP contribution in [0, 0.1) is 0 Å². The van der Waals surface area contributed by atoms with Gasteiger partial charge in [-0.05, 0) is 89.9 Å². The van der Waals surface area contributed by atoms with Gasteiger partial charge in [-0.2, -0.15) is 0 Å². The van der Waals surface area contributed by atoms with Crippen LogP contribution in [0.25, 0.3) is 77.2 Å². The molecule has 0 aliphatic carbocycles. The SMILES string of the molecule is C=C/C=C(\C=C/C)n1c2ccccc2c2cc(-c3ccc4c(c3)c3ccc(-c5ccccc5)cc3n4-c3ccccc3)ccc21. The zero-order chi connectivity index (χ0) is 30.3. The maximum Gasteiger partial charge on any atom is 0.0547 e. The first-order valence-electron chi connectivity index (χ1n) is 15.4. The highest BCUT2D eigenvalue weighted by Gasteiger charge is 2.16. The molecule has 6 aromatic carbocycles. The van der Waals surface area contributed by atoms with Crippen LogP contribution in [0.1, 0.15) is 6.92 Å². The van der Waals surface area contributed by atoms with E-state index in [-0.39, 0.29) is 0 Å². The number of allylic oxidation sites excluding steroid dienone is 5. The zero-order valence-electron chi connectivity index (χ0n) is 25.2. The van der Waals surface area contributed by atoms with Gasteiger partial charge in [0.25, 0.3) is 0 Å². The third kappa shape index (κ3) is 4.42. The summed E-state index contributed by atoms with van der Waals surface area (Å²) in [6, 6.07) is 50.6. The van der Waals surface area contributed by atoms with Crippen molar-refractivity contribution >= 4 is 49.3 Å². The van der Waals surface area contributed by atoms with Crippen molar-refractivity contribution in [3.63, 3.8) is 0 Å². The van der Waals surface area contributed by atoms with E-state index in [1.165, 1.54) is 65.9 Å². The summed E-state index contributed by atoms with van der Waals surface area (Å²) in [4.78, 5) is 0. The first kappa shape index (κ1) is 26.7. The van der Waals surface area contributed by atoms with Crippen LogP contribution in [0.15, 0.2) is 170 Å². The van der Waals surface area contributed by atoms with Gasteiger partial charge in [0.15, 0.2) is 0 Å². The molecule has 0 bridgehead atoms. The Hall–Kier alpha value is -5.86. The molecular formula is C43H32N2. The number of hydrogen-bond donors (Lipinski definition) is 0. The Labute approximate surface area is 263 Å². The lowest BCUT2D eigenvalue weighted by atomic mass is 9.99. The smallest absolute Gasteiger partial charge is 0.0547 e. The van der Waals surface area contributed by atoms with Gasteiger partial charge in [0.2, 0.25) is 0 Å². The van der Waals surface area contributed by atoms with Gasteiger partial charge in [0.1, 0.15) is 0 Å². The fourth-order valence-electron chi connectivity index (χ4n) is 6.79. The largest absolute Gasteiger partial charge is 0.309 e. The molecule has 0 N–H and O–H groups in total. The van der Waals surface area contributed by atoms with E-state index in [1.807, 2.05) is 6.08 Å². The fourth-order valence-corrected chi connectivity index (χ4v) is 6.79. The van der Waals surface area contributed by atoms with E-state index in [0.29, 0.717) is 0 Å². The van der Waals surface area contributed by atoms with Gasteiger partial charge >= 0.3 is 0 Å². The maximum atomic E-state index is 3.97. The van der Waals surface area contributed by atoms with E-state index in [9.17, 15) is 0 Å². The van der Waals surface area contributed by atoms with Crippen molar-refractivity contribution in [2.45, 2.75) is 6.92 Å². The van der Waals surface area contributed by atoms with Crippen LogP contribution in [-0.4, -0.2) is 9.13 Å². The molecule has 0 unspecified atom stereocenters. The van der Waals surface area contributed by atoms with Crippen LogP contribution in [0.2, 0.25) is 0 Å². The fraction of sp³-hybridized carbons (Fsp3) is 0.0233. The van der Waals surface area contributed by atoms with Gasteiger partial charge in [-0.15, -0.1) is 0 Å². The van der Waals surface area contributed by atoms with Crippen LogP contribution in [0.4, 0.5) is 0 Å². The first-order chi connectivity index (χ1) is 22.2. The summed E-state index contributed by atoms with van der Waals surface area (Å²) in [7, 11) is 0. The van der Waals surface area contributed by atoms with E-state index in [4.69, 9.17) is 0 Å². The molecular weight excluding hydrogens is 544 g/mol. The molecule has 0 saturated carbocycles. The molecule has 0 spiro atoms. The van der Waals surface area contributed by atoms with Crippen molar-refractivity contribution in [3.8, 4) is 27.9 Å². The van der Waals surface area contributed by atoms with Crippen LogP contribution < -0.4 is 0 Å². The second-order valence-corrected chi connectivity index (χ2v) is 11.4. The average Bonchev–Trinajstić information content (AvgIpc) is 3.60. The molecule has 8 aromatic rings. The predicted octanol–water partition coefficient (Wildman–Crippen LogP) is 11.8. The van der Waals surface area contributed by atoms with Gasteiger partial charge in [-0.25, -0.2) is 0 Å². The Morgan fingerprint density at radius 1 is 0.511 bits per heavy atom. The highest BCUT2D eigenvalue weighted by atomic mass is 15.0. The molecule has 0 atom stereocenters. The van der Waals surface area contributed by atoms with Crippen LogP contribution in [0.3, 0.4) is 0 Å². The summed E-state index contributed by atoms with van der Waals surface area (Å²) in [5, 5.41) is 4.97. The van der Waals surface area contributed by atoms with Gasteiger partial charge in [0, 0.05) is 32.9 Å². The monoisotopic (exact) mass is 576 g/mol. The summed E-state index contributed by atoms with van der Waals surface area (Å²) in [5.41, 5.74) is 11.9. The van der Waals surface area contributed by atoms with Crippen molar-refractivity contribution in [1.29, 1.82) is 0 Å². The second kappa shape index (κ2) is 11.0. The molecule has 0 radical (unpaired) electrons. The van der Waals surface area contributed by atoms with Gasteiger partial charge in [-0.1, -0.05) is 110 Å². The van der Waals surface area contributed by atoms with Crippen LogP contribution in [-0.2, 0) is 0 Å². The third-order valence-corrected chi connectivity index (χ3v) is 8.78. The Morgan fingerprint density at radius 2 is 1.09 bits per heavy atom. The number of fused-ring (bicyclic) bond motifs is 6. The Kier molecular flexibility index (Phi) is 6.54.